The van der Waals surface area contributed by atoms with Crippen molar-refractivity contribution < 1.29 is 9.90 Å². The first-order valence-electron chi connectivity index (χ1n) is 5.43. The summed E-state index contributed by atoms with van der Waals surface area (Å²) in [5.74, 6) is -0.0542. The highest BCUT2D eigenvalue weighted by Gasteiger charge is 2.34. The Bertz CT molecular complexity index is 400. The van der Waals surface area contributed by atoms with Crippen LogP contribution in [0.4, 0.5) is 0 Å². The van der Waals surface area contributed by atoms with E-state index in [1.165, 1.54) is 0 Å². The number of hydrogen-bond donors (Lipinski definition) is 1. The number of aliphatic hydroxyl groups is 1. The monoisotopic (exact) mass is 217 g/mol. The maximum absolute atomic E-state index is 12.1. The second kappa shape index (κ2) is 4.10. The maximum Gasteiger partial charge on any atom is 0.259 e. The van der Waals surface area contributed by atoms with Crippen LogP contribution in [0.3, 0.4) is 0 Å². The van der Waals surface area contributed by atoms with Gasteiger partial charge in [-0.25, -0.2) is 0 Å². The van der Waals surface area contributed by atoms with Gasteiger partial charge in [-0.3, -0.25) is 4.79 Å². The van der Waals surface area contributed by atoms with Gasteiger partial charge in [0.15, 0.2) is 0 Å². The standard InChI is InChI=1S/C13H15NO2/c1-3-10(8-15)14-9(2)11-6-4-5-7-12(11)13(14)16/h4-7,10,15H,2-3,8H2,1H3/t10-/m0/s1. The van der Waals surface area contributed by atoms with Crippen LogP contribution in [-0.2, 0) is 0 Å². The lowest BCUT2D eigenvalue weighted by molar-refractivity contribution is 0.0745. The lowest BCUT2D eigenvalue weighted by atomic mass is 10.1. The highest BCUT2D eigenvalue weighted by molar-refractivity contribution is 6.09. The van der Waals surface area contributed by atoms with Gasteiger partial charge in [0.25, 0.3) is 5.91 Å². The van der Waals surface area contributed by atoms with E-state index in [4.69, 9.17) is 0 Å². The van der Waals surface area contributed by atoms with Crippen LogP contribution in [0.5, 0.6) is 0 Å². The highest BCUT2D eigenvalue weighted by atomic mass is 16.3. The van der Waals surface area contributed by atoms with E-state index < -0.39 is 0 Å². The molecule has 0 spiro atoms. The number of rotatable bonds is 3. The third kappa shape index (κ3) is 1.44. The molecule has 1 aliphatic rings. The summed E-state index contributed by atoms with van der Waals surface area (Å²) in [5, 5.41) is 9.27. The molecular formula is C13H15NO2. The molecule has 3 heteroatoms. The summed E-state index contributed by atoms with van der Waals surface area (Å²) in [7, 11) is 0. The minimum Gasteiger partial charge on any atom is -0.394 e. The average Bonchev–Trinajstić information content (AvgIpc) is 2.57. The van der Waals surface area contributed by atoms with Crippen LogP contribution in [-0.4, -0.2) is 28.6 Å². The smallest absolute Gasteiger partial charge is 0.259 e. The summed E-state index contributed by atoms with van der Waals surface area (Å²) in [6.07, 6.45) is 0.718. The molecule has 0 radical (unpaired) electrons. The van der Waals surface area contributed by atoms with Gasteiger partial charge in [0.05, 0.1) is 12.6 Å². The largest absolute Gasteiger partial charge is 0.394 e. The van der Waals surface area contributed by atoms with E-state index in [1.807, 2.05) is 25.1 Å². The van der Waals surface area contributed by atoms with Crippen molar-refractivity contribution in [1.82, 2.24) is 4.90 Å². The molecule has 1 aromatic rings. The molecule has 0 saturated heterocycles. The van der Waals surface area contributed by atoms with Crippen molar-refractivity contribution in [3.8, 4) is 0 Å². The Balaban J connectivity index is 2.42. The number of fused-ring (bicyclic) bond motifs is 1. The Morgan fingerprint density at radius 3 is 2.50 bits per heavy atom. The molecule has 3 nitrogen and oxygen atoms in total. The van der Waals surface area contributed by atoms with E-state index in [9.17, 15) is 9.90 Å². The van der Waals surface area contributed by atoms with Crippen molar-refractivity contribution in [3.63, 3.8) is 0 Å². The molecule has 16 heavy (non-hydrogen) atoms. The lowest BCUT2D eigenvalue weighted by Gasteiger charge is -2.25. The van der Waals surface area contributed by atoms with Crippen LogP contribution in [0, 0.1) is 0 Å². The number of carbonyl (C=O) groups is 1. The van der Waals surface area contributed by atoms with Crippen LogP contribution in [0.2, 0.25) is 0 Å². The quantitative estimate of drug-likeness (QED) is 0.839. The molecule has 0 saturated carbocycles. The maximum atomic E-state index is 12.1. The molecular weight excluding hydrogens is 202 g/mol. The van der Waals surface area contributed by atoms with Gasteiger partial charge in [0, 0.05) is 16.8 Å². The van der Waals surface area contributed by atoms with E-state index >= 15 is 0 Å². The van der Waals surface area contributed by atoms with E-state index in [2.05, 4.69) is 6.58 Å². The third-order valence-corrected chi connectivity index (χ3v) is 3.03. The number of carbonyl (C=O) groups excluding carboxylic acids is 1. The van der Waals surface area contributed by atoms with Crippen molar-refractivity contribution in [2.45, 2.75) is 19.4 Å². The van der Waals surface area contributed by atoms with Crippen molar-refractivity contribution in [1.29, 1.82) is 0 Å². The number of aliphatic hydroxyl groups excluding tert-OH is 1. The lowest BCUT2D eigenvalue weighted by Crippen LogP contribution is -2.36. The van der Waals surface area contributed by atoms with Gasteiger partial charge >= 0.3 is 0 Å². The fourth-order valence-electron chi connectivity index (χ4n) is 2.08. The Labute approximate surface area is 95.0 Å². The van der Waals surface area contributed by atoms with Crippen molar-refractivity contribution in [2.75, 3.05) is 6.61 Å². The van der Waals surface area contributed by atoms with Crippen molar-refractivity contribution >= 4 is 11.6 Å². The average molecular weight is 217 g/mol. The summed E-state index contributed by atoms with van der Waals surface area (Å²) >= 11 is 0. The molecule has 2 rings (SSSR count). The molecule has 1 aliphatic heterocycles. The Morgan fingerprint density at radius 1 is 1.38 bits per heavy atom. The van der Waals surface area contributed by atoms with Crippen LogP contribution in [0.25, 0.3) is 5.70 Å². The predicted molar refractivity (Wildman–Crippen MR) is 62.8 cm³/mol. The molecule has 1 atom stereocenters. The third-order valence-electron chi connectivity index (χ3n) is 3.03. The summed E-state index contributed by atoms with van der Waals surface area (Å²) in [4.78, 5) is 13.7. The van der Waals surface area contributed by atoms with Gasteiger partial charge in [0.1, 0.15) is 0 Å². The topological polar surface area (TPSA) is 40.5 Å². The molecule has 0 bridgehead atoms. The van der Waals surface area contributed by atoms with E-state index in [1.54, 1.807) is 11.0 Å². The van der Waals surface area contributed by atoms with Gasteiger partial charge in [-0.2, -0.15) is 0 Å². The first kappa shape index (κ1) is 10.9. The molecule has 0 aromatic heterocycles. The molecule has 1 N–H and O–H groups in total. The Kier molecular flexibility index (Phi) is 2.79. The SMILES string of the molecule is C=C1c2ccccc2C(=O)N1[C@@H](CC)CO. The predicted octanol–water partition coefficient (Wildman–Crippen LogP) is 1.88. The normalized spacial score (nSPS) is 16.5. The van der Waals surface area contributed by atoms with Gasteiger partial charge in [-0.15, -0.1) is 0 Å². The fourth-order valence-corrected chi connectivity index (χ4v) is 2.08. The zero-order valence-corrected chi connectivity index (χ0v) is 9.31. The molecule has 0 fully saturated rings. The summed E-state index contributed by atoms with van der Waals surface area (Å²) in [6.45, 7) is 5.85. The van der Waals surface area contributed by atoms with E-state index in [0.717, 1.165) is 12.0 Å². The second-order valence-corrected chi connectivity index (χ2v) is 3.91. The van der Waals surface area contributed by atoms with Gasteiger partial charge in [-0.1, -0.05) is 31.7 Å². The molecule has 1 heterocycles. The zero-order chi connectivity index (χ0) is 11.7. The van der Waals surface area contributed by atoms with Gasteiger partial charge in [0.2, 0.25) is 0 Å². The molecule has 1 amide bonds. The Morgan fingerprint density at radius 2 is 2.00 bits per heavy atom. The van der Waals surface area contributed by atoms with Crippen LogP contribution >= 0.6 is 0 Å². The first-order valence-corrected chi connectivity index (χ1v) is 5.43. The van der Waals surface area contributed by atoms with E-state index in [0.29, 0.717) is 11.3 Å². The highest BCUT2D eigenvalue weighted by Crippen LogP contribution is 2.33. The van der Waals surface area contributed by atoms with Crippen LogP contribution in [0.15, 0.2) is 30.8 Å². The summed E-state index contributed by atoms with van der Waals surface area (Å²) < 4.78 is 0. The van der Waals surface area contributed by atoms with Gasteiger partial charge < -0.3 is 10.0 Å². The van der Waals surface area contributed by atoms with E-state index in [-0.39, 0.29) is 18.6 Å². The summed E-state index contributed by atoms with van der Waals surface area (Å²) in [5.41, 5.74) is 2.25. The minimum atomic E-state index is -0.174. The summed E-state index contributed by atoms with van der Waals surface area (Å²) in [6, 6.07) is 7.24. The van der Waals surface area contributed by atoms with Crippen LogP contribution < -0.4 is 0 Å². The molecule has 0 aliphatic carbocycles. The van der Waals surface area contributed by atoms with Crippen molar-refractivity contribution in [2.24, 2.45) is 0 Å². The second-order valence-electron chi connectivity index (χ2n) is 3.91. The number of amides is 1. The van der Waals surface area contributed by atoms with Crippen LogP contribution in [0.1, 0.15) is 29.3 Å². The first-order chi connectivity index (χ1) is 7.70. The number of nitrogens with zero attached hydrogens (tertiary/aromatic N) is 1. The Hall–Kier alpha value is -1.61. The molecule has 1 aromatic carbocycles. The molecule has 84 valence electrons. The number of benzene rings is 1. The van der Waals surface area contributed by atoms with Gasteiger partial charge in [-0.05, 0) is 12.5 Å². The minimum absolute atomic E-state index is 0.0325. The number of hydrogen-bond acceptors (Lipinski definition) is 2. The zero-order valence-electron chi connectivity index (χ0n) is 9.31. The fraction of sp³-hybridized carbons (Fsp3) is 0.308. The molecule has 0 unspecified atom stereocenters. The van der Waals surface area contributed by atoms with Crippen molar-refractivity contribution in [3.05, 3.63) is 42.0 Å².